The second-order valence-corrected chi connectivity index (χ2v) is 5.09. The number of hydrogen-bond donors (Lipinski definition) is 1. The summed E-state index contributed by atoms with van der Waals surface area (Å²) in [7, 11) is 1.94. The molecule has 100 valence electrons. The average molecular weight is 279 g/mol. The maximum absolute atomic E-state index is 13.6. The van der Waals surface area contributed by atoms with Crippen LogP contribution in [0.25, 0.3) is 0 Å². The number of nitrogens with two attached hydrogens (primary N) is 1. The van der Waals surface area contributed by atoms with Crippen LogP contribution in [0.4, 0.5) is 10.1 Å². The first kappa shape index (κ1) is 13.8. The quantitative estimate of drug-likeness (QED) is 0.864. The van der Waals surface area contributed by atoms with Gasteiger partial charge in [-0.2, -0.15) is 0 Å². The molecule has 2 aromatic carbocycles. The number of nitrogens with zero attached hydrogens (tertiary/aromatic N) is 1. The zero-order valence-electron chi connectivity index (χ0n) is 10.7. The van der Waals surface area contributed by atoms with E-state index in [-0.39, 0.29) is 5.82 Å². The van der Waals surface area contributed by atoms with E-state index >= 15 is 0 Å². The van der Waals surface area contributed by atoms with Crippen molar-refractivity contribution in [3.05, 3.63) is 64.4 Å². The molecular weight excluding hydrogens is 263 g/mol. The lowest BCUT2D eigenvalue weighted by atomic mass is 10.1. The predicted octanol–water partition coefficient (Wildman–Crippen LogP) is 3.69. The smallest absolute Gasteiger partial charge is 0.127 e. The highest BCUT2D eigenvalue weighted by Gasteiger charge is 2.07. The highest BCUT2D eigenvalue weighted by atomic mass is 35.5. The maximum atomic E-state index is 13.6. The van der Waals surface area contributed by atoms with E-state index in [0.29, 0.717) is 17.1 Å². The van der Waals surface area contributed by atoms with E-state index in [1.807, 2.05) is 36.2 Å². The van der Waals surface area contributed by atoms with E-state index in [4.69, 9.17) is 17.3 Å². The Labute approximate surface area is 117 Å². The molecule has 2 rings (SSSR count). The molecule has 2 N–H and O–H groups in total. The third-order valence-corrected chi connectivity index (χ3v) is 3.12. The summed E-state index contributed by atoms with van der Waals surface area (Å²) >= 11 is 5.88. The Hall–Kier alpha value is -1.58. The fourth-order valence-electron chi connectivity index (χ4n) is 1.95. The van der Waals surface area contributed by atoms with Crippen LogP contribution >= 0.6 is 11.6 Å². The van der Waals surface area contributed by atoms with Crippen molar-refractivity contribution in [1.29, 1.82) is 0 Å². The monoisotopic (exact) mass is 278 g/mol. The van der Waals surface area contributed by atoms with Crippen LogP contribution in [-0.2, 0) is 13.1 Å². The molecule has 0 heterocycles. The van der Waals surface area contributed by atoms with Crippen molar-refractivity contribution < 1.29 is 4.39 Å². The summed E-state index contributed by atoms with van der Waals surface area (Å²) in [5.41, 5.74) is 8.12. The second kappa shape index (κ2) is 6.04. The van der Waals surface area contributed by atoms with Gasteiger partial charge in [0.15, 0.2) is 0 Å². The second-order valence-electron chi connectivity index (χ2n) is 4.65. The summed E-state index contributed by atoms with van der Waals surface area (Å²) in [4.78, 5) is 2.03. The van der Waals surface area contributed by atoms with Gasteiger partial charge >= 0.3 is 0 Å². The minimum absolute atomic E-state index is 0.228. The number of hydrogen-bond acceptors (Lipinski definition) is 2. The predicted molar refractivity (Wildman–Crippen MR) is 77.4 cm³/mol. The zero-order chi connectivity index (χ0) is 13.8. The Morgan fingerprint density at radius 1 is 1.11 bits per heavy atom. The molecule has 0 saturated carbocycles. The average Bonchev–Trinajstić information content (AvgIpc) is 2.37. The van der Waals surface area contributed by atoms with Gasteiger partial charge < -0.3 is 5.73 Å². The molecule has 0 aromatic heterocycles. The molecule has 0 aliphatic carbocycles. The van der Waals surface area contributed by atoms with Gasteiger partial charge in [0, 0.05) is 29.4 Å². The Kier molecular flexibility index (Phi) is 4.40. The van der Waals surface area contributed by atoms with Crippen molar-refractivity contribution in [3.63, 3.8) is 0 Å². The normalized spacial score (nSPS) is 10.9. The molecular formula is C15H16ClFN2. The van der Waals surface area contributed by atoms with Crippen molar-refractivity contribution in [1.82, 2.24) is 4.90 Å². The SMILES string of the molecule is CN(Cc1ccc(N)cc1)Cc1cc(Cl)ccc1F. The molecule has 2 aromatic rings. The van der Waals surface area contributed by atoms with Crippen molar-refractivity contribution in [2.24, 2.45) is 0 Å². The first-order chi connectivity index (χ1) is 9.04. The van der Waals surface area contributed by atoms with Crippen LogP contribution in [0.15, 0.2) is 42.5 Å². The molecule has 0 bridgehead atoms. The zero-order valence-corrected chi connectivity index (χ0v) is 11.5. The van der Waals surface area contributed by atoms with Crippen LogP contribution in [0.1, 0.15) is 11.1 Å². The minimum atomic E-state index is -0.228. The lowest BCUT2D eigenvalue weighted by Crippen LogP contribution is -2.18. The summed E-state index contributed by atoms with van der Waals surface area (Å²) < 4.78 is 13.6. The Morgan fingerprint density at radius 3 is 2.47 bits per heavy atom. The number of rotatable bonds is 4. The van der Waals surface area contributed by atoms with Gasteiger partial charge in [-0.05, 0) is 42.9 Å². The standard InChI is InChI=1S/C15H16ClFN2/c1-19(9-11-2-5-14(18)6-3-11)10-12-8-13(16)4-7-15(12)17/h2-8H,9-10,18H2,1H3. The Bertz CT molecular complexity index is 555. The Morgan fingerprint density at radius 2 is 1.79 bits per heavy atom. The first-order valence-corrected chi connectivity index (χ1v) is 6.39. The third-order valence-electron chi connectivity index (χ3n) is 2.88. The van der Waals surface area contributed by atoms with Gasteiger partial charge in [-0.15, -0.1) is 0 Å². The van der Waals surface area contributed by atoms with Crippen LogP contribution in [0.3, 0.4) is 0 Å². The van der Waals surface area contributed by atoms with Crippen molar-refractivity contribution >= 4 is 17.3 Å². The van der Waals surface area contributed by atoms with E-state index in [1.54, 1.807) is 12.1 Å². The molecule has 0 atom stereocenters. The lowest BCUT2D eigenvalue weighted by molar-refractivity contribution is 0.313. The molecule has 19 heavy (non-hydrogen) atoms. The van der Waals surface area contributed by atoms with Gasteiger partial charge in [-0.3, -0.25) is 4.90 Å². The van der Waals surface area contributed by atoms with E-state index in [2.05, 4.69) is 0 Å². The summed E-state index contributed by atoms with van der Waals surface area (Å²) in [5.74, 6) is -0.228. The van der Waals surface area contributed by atoms with E-state index < -0.39 is 0 Å². The van der Waals surface area contributed by atoms with Crippen molar-refractivity contribution in [2.45, 2.75) is 13.1 Å². The molecule has 0 radical (unpaired) electrons. The number of benzene rings is 2. The van der Waals surface area contributed by atoms with Gasteiger partial charge in [0.1, 0.15) is 5.82 Å². The summed E-state index contributed by atoms with van der Waals surface area (Å²) in [6.45, 7) is 1.24. The van der Waals surface area contributed by atoms with Gasteiger partial charge in [0.25, 0.3) is 0 Å². The van der Waals surface area contributed by atoms with Crippen LogP contribution in [0.5, 0.6) is 0 Å². The number of anilines is 1. The molecule has 0 aliphatic rings. The largest absolute Gasteiger partial charge is 0.399 e. The highest BCUT2D eigenvalue weighted by Crippen LogP contribution is 2.17. The van der Waals surface area contributed by atoms with Gasteiger partial charge in [0.2, 0.25) is 0 Å². The summed E-state index contributed by atoms with van der Waals surface area (Å²) in [6.07, 6.45) is 0. The van der Waals surface area contributed by atoms with Crippen molar-refractivity contribution in [2.75, 3.05) is 12.8 Å². The molecule has 0 aliphatic heterocycles. The van der Waals surface area contributed by atoms with Crippen LogP contribution < -0.4 is 5.73 Å². The molecule has 0 amide bonds. The van der Waals surface area contributed by atoms with Gasteiger partial charge in [0.05, 0.1) is 0 Å². The van der Waals surface area contributed by atoms with Crippen LogP contribution in [0.2, 0.25) is 5.02 Å². The Balaban J connectivity index is 2.02. The van der Waals surface area contributed by atoms with Crippen molar-refractivity contribution in [3.8, 4) is 0 Å². The lowest BCUT2D eigenvalue weighted by Gasteiger charge is -2.17. The summed E-state index contributed by atoms with van der Waals surface area (Å²) in [6, 6.07) is 12.3. The fourth-order valence-corrected chi connectivity index (χ4v) is 2.14. The molecule has 4 heteroatoms. The fraction of sp³-hybridized carbons (Fsp3) is 0.200. The molecule has 2 nitrogen and oxygen atoms in total. The molecule has 0 saturated heterocycles. The summed E-state index contributed by atoms with van der Waals surface area (Å²) in [5, 5.41) is 0.553. The molecule has 0 fully saturated rings. The molecule has 0 unspecified atom stereocenters. The van der Waals surface area contributed by atoms with E-state index in [0.717, 1.165) is 17.8 Å². The topological polar surface area (TPSA) is 29.3 Å². The first-order valence-electron chi connectivity index (χ1n) is 6.01. The van der Waals surface area contributed by atoms with Crippen LogP contribution in [-0.4, -0.2) is 11.9 Å². The minimum Gasteiger partial charge on any atom is -0.399 e. The van der Waals surface area contributed by atoms with E-state index in [1.165, 1.54) is 6.07 Å². The molecule has 0 spiro atoms. The van der Waals surface area contributed by atoms with Gasteiger partial charge in [-0.1, -0.05) is 23.7 Å². The number of nitrogen functional groups attached to an aromatic ring is 1. The van der Waals surface area contributed by atoms with Gasteiger partial charge in [-0.25, -0.2) is 4.39 Å². The number of halogens is 2. The maximum Gasteiger partial charge on any atom is 0.127 e. The van der Waals surface area contributed by atoms with Crippen LogP contribution in [0, 0.1) is 5.82 Å². The third kappa shape index (κ3) is 3.94. The van der Waals surface area contributed by atoms with E-state index in [9.17, 15) is 4.39 Å². The highest BCUT2D eigenvalue weighted by molar-refractivity contribution is 6.30.